The lowest BCUT2D eigenvalue weighted by atomic mass is 10.0. The number of carbonyl (C=O) groups excluding carboxylic acids is 2. The molecule has 1 amide bonds. The second kappa shape index (κ2) is 7.28. The fraction of sp³-hybridized carbons (Fsp3) is 0.429. The van der Waals surface area contributed by atoms with Gasteiger partial charge < -0.3 is 15.8 Å². The van der Waals surface area contributed by atoms with E-state index in [4.69, 9.17) is 10.5 Å². The summed E-state index contributed by atoms with van der Waals surface area (Å²) in [5.41, 5.74) is 6.49. The summed E-state index contributed by atoms with van der Waals surface area (Å²) in [6.07, 6.45) is 0.509. The number of halogens is 1. The second-order valence-corrected chi connectivity index (χ2v) is 5.83. The van der Waals surface area contributed by atoms with Crippen LogP contribution in [0.25, 0.3) is 0 Å². The van der Waals surface area contributed by atoms with Gasteiger partial charge in [-0.15, -0.1) is 0 Å². The minimum atomic E-state index is -0.671. The molecule has 5 nitrogen and oxygen atoms in total. The first-order valence-corrected chi connectivity index (χ1v) is 7.08. The summed E-state index contributed by atoms with van der Waals surface area (Å²) < 4.78 is 5.50. The number of hydrogen-bond donors (Lipinski definition) is 2. The quantitative estimate of drug-likeness (QED) is 0.635. The van der Waals surface area contributed by atoms with E-state index in [1.807, 2.05) is 13.8 Å². The molecular formula is C14H19BrN2O3. The Balaban J connectivity index is 2.87. The molecule has 1 rings (SSSR count). The summed E-state index contributed by atoms with van der Waals surface area (Å²) in [5.74, 6) is -0.588. The van der Waals surface area contributed by atoms with Gasteiger partial charge in [-0.2, -0.15) is 0 Å². The molecule has 110 valence electrons. The monoisotopic (exact) mass is 342 g/mol. The summed E-state index contributed by atoms with van der Waals surface area (Å²) in [5, 5.41) is 2.67. The van der Waals surface area contributed by atoms with Crippen molar-refractivity contribution in [2.45, 2.75) is 26.3 Å². The minimum Gasteiger partial charge on any atom is -0.467 e. The van der Waals surface area contributed by atoms with Crippen LogP contribution in [-0.2, 0) is 9.53 Å². The Kier molecular flexibility index (Phi) is 6.01. The number of nitrogens with one attached hydrogen (secondary N) is 1. The molecule has 0 spiro atoms. The summed E-state index contributed by atoms with van der Waals surface area (Å²) in [6, 6.07) is 4.31. The Hall–Kier alpha value is -1.56. The van der Waals surface area contributed by atoms with Gasteiger partial charge in [0.25, 0.3) is 5.91 Å². The molecule has 1 unspecified atom stereocenters. The van der Waals surface area contributed by atoms with Gasteiger partial charge in [0.1, 0.15) is 6.04 Å². The maximum absolute atomic E-state index is 12.2. The largest absolute Gasteiger partial charge is 0.467 e. The molecule has 20 heavy (non-hydrogen) atoms. The number of ether oxygens (including phenoxy) is 1. The molecule has 0 aromatic heterocycles. The third-order valence-electron chi connectivity index (χ3n) is 2.76. The number of anilines is 1. The fourth-order valence-electron chi connectivity index (χ4n) is 1.80. The Morgan fingerprint density at radius 3 is 2.55 bits per heavy atom. The van der Waals surface area contributed by atoms with E-state index in [0.717, 1.165) is 4.47 Å². The number of nitrogens with two attached hydrogens (primary N) is 1. The summed E-state index contributed by atoms with van der Waals surface area (Å²) in [4.78, 5) is 23.9. The molecule has 1 aromatic rings. The van der Waals surface area contributed by atoms with E-state index in [1.165, 1.54) is 7.11 Å². The molecule has 0 radical (unpaired) electrons. The van der Waals surface area contributed by atoms with Crippen LogP contribution in [-0.4, -0.2) is 25.0 Å². The standard InChI is InChI=1S/C14H19BrN2O3/c1-8(2)6-12(14(19)20-3)17-13(18)10-5-4-9(15)7-11(10)16/h4-5,7-8,12H,6,16H2,1-3H3,(H,17,18). The van der Waals surface area contributed by atoms with E-state index >= 15 is 0 Å². The number of carbonyl (C=O) groups is 2. The van der Waals surface area contributed by atoms with E-state index < -0.39 is 12.0 Å². The average Bonchev–Trinajstić information content (AvgIpc) is 2.36. The highest BCUT2D eigenvalue weighted by molar-refractivity contribution is 9.10. The zero-order valence-electron chi connectivity index (χ0n) is 11.8. The Morgan fingerprint density at radius 1 is 1.40 bits per heavy atom. The lowest BCUT2D eigenvalue weighted by molar-refractivity contribution is -0.143. The van der Waals surface area contributed by atoms with Crippen molar-refractivity contribution in [2.75, 3.05) is 12.8 Å². The van der Waals surface area contributed by atoms with Crippen LogP contribution in [0.2, 0.25) is 0 Å². The van der Waals surface area contributed by atoms with Crippen molar-refractivity contribution in [2.24, 2.45) is 5.92 Å². The highest BCUT2D eigenvalue weighted by atomic mass is 79.9. The Bertz CT molecular complexity index is 503. The van der Waals surface area contributed by atoms with E-state index in [9.17, 15) is 9.59 Å². The molecule has 6 heteroatoms. The predicted molar refractivity (Wildman–Crippen MR) is 81.3 cm³/mol. The van der Waals surface area contributed by atoms with Crippen LogP contribution in [0.1, 0.15) is 30.6 Å². The van der Waals surface area contributed by atoms with E-state index in [1.54, 1.807) is 18.2 Å². The van der Waals surface area contributed by atoms with Crippen molar-refractivity contribution >= 4 is 33.5 Å². The first kappa shape index (κ1) is 16.5. The van der Waals surface area contributed by atoms with Gasteiger partial charge in [-0.3, -0.25) is 4.79 Å². The van der Waals surface area contributed by atoms with Gasteiger partial charge >= 0.3 is 5.97 Å². The number of nitrogen functional groups attached to an aromatic ring is 1. The highest BCUT2D eigenvalue weighted by Gasteiger charge is 2.23. The molecule has 0 aliphatic heterocycles. The van der Waals surface area contributed by atoms with Gasteiger partial charge in [0.05, 0.1) is 12.7 Å². The molecular weight excluding hydrogens is 324 g/mol. The molecule has 0 bridgehead atoms. The first-order chi connectivity index (χ1) is 9.35. The maximum Gasteiger partial charge on any atom is 0.328 e. The normalized spacial score (nSPS) is 12.1. The van der Waals surface area contributed by atoms with Gasteiger partial charge in [-0.25, -0.2) is 4.79 Å². The molecule has 0 fully saturated rings. The molecule has 0 saturated carbocycles. The van der Waals surface area contributed by atoms with Crippen LogP contribution in [0, 0.1) is 5.92 Å². The first-order valence-electron chi connectivity index (χ1n) is 6.28. The third-order valence-corrected chi connectivity index (χ3v) is 3.25. The minimum absolute atomic E-state index is 0.252. The molecule has 1 aromatic carbocycles. The number of methoxy groups -OCH3 is 1. The van der Waals surface area contributed by atoms with Crippen molar-refractivity contribution in [3.8, 4) is 0 Å². The highest BCUT2D eigenvalue weighted by Crippen LogP contribution is 2.19. The maximum atomic E-state index is 12.2. The topological polar surface area (TPSA) is 81.4 Å². The van der Waals surface area contributed by atoms with Crippen molar-refractivity contribution < 1.29 is 14.3 Å². The number of benzene rings is 1. The fourth-order valence-corrected chi connectivity index (χ4v) is 2.18. The lowest BCUT2D eigenvalue weighted by Crippen LogP contribution is -2.42. The number of hydrogen-bond acceptors (Lipinski definition) is 4. The predicted octanol–water partition coefficient (Wildman–Crippen LogP) is 2.35. The smallest absolute Gasteiger partial charge is 0.328 e. The zero-order chi connectivity index (χ0) is 15.3. The van der Waals surface area contributed by atoms with Gasteiger partial charge in [0.2, 0.25) is 0 Å². The van der Waals surface area contributed by atoms with Crippen molar-refractivity contribution in [3.05, 3.63) is 28.2 Å². The van der Waals surface area contributed by atoms with Crippen LogP contribution in [0.15, 0.2) is 22.7 Å². The van der Waals surface area contributed by atoms with Crippen molar-refractivity contribution in [1.82, 2.24) is 5.32 Å². The molecule has 0 saturated heterocycles. The van der Waals surface area contributed by atoms with Gasteiger partial charge in [-0.05, 0) is 30.5 Å². The Morgan fingerprint density at radius 2 is 2.05 bits per heavy atom. The van der Waals surface area contributed by atoms with Gasteiger partial charge in [0, 0.05) is 10.2 Å². The molecule has 0 heterocycles. The molecule has 3 N–H and O–H groups in total. The Labute approximate surface area is 127 Å². The van der Waals surface area contributed by atoms with Crippen LogP contribution in [0.4, 0.5) is 5.69 Å². The lowest BCUT2D eigenvalue weighted by Gasteiger charge is -2.18. The van der Waals surface area contributed by atoms with Crippen molar-refractivity contribution in [3.63, 3.8) is 0 Å². The zero-order valence-corrected chi connectivity index (χ0v) is 13.4. The van der Waals surface area contributed by atoms with Gasteiger partial charge in [0.15, 0.2) is 0 Å². The van der Waals surface area contributed by atoms with Crippen LogP contribution in [0.3, 0.4) is 0 Å². The van der Waals surface area contributed by atoms with Gasteiger partial charge in [-0.1, -0.05) is 29.8 Å². The van der Waals surface area contributed by atoms with E-state index in [2.05, 4.69) is 21.2 Å². The van der Waals surface area contributed by atoms with E-state index in [0.29, 0.717) is 17.7 Å². The number of amides is 1. The summed E-state index contributed by atoms with van der Waals surface area (Å²) in [6.45, 7) is 3.94. The van der Waals surface area contributed by atoms with Crippen LogP contribution < -0.4 is 11.1 Å². The summed E-state index contributed by atoms with van der Waals surface area (Å²) in [7, 11) is 1.30. The summed E-state index contributed by atoms with van der Waals surface area (Å²) >= 11 is 3.28. The second-order valence-electron chi connectivity index (χ2n) is 4.91. The van der Waals surface area contributed by atoms with Crippen LogP contribution in [0.5, 0.6) is 0 Å². The third kappa shape index (κ3) is 4.52. The number of esters is 1. The molecule has 0 aliphatic rings. The average molecular weight is 343 g/mol. The van der Waals surface area contributed by atoms with Crippen molar-refractivity contribution in [1.29, 1.82) is 0 Å². The molecule has 1 atom stereocenters. The number of rotatable bonds is 5. The van der Waals surface area contributed by atoms with Crippen LogP contribution >= 0.6 is 15.9 Å². The SMILES string of the molecule is COC(=O)C(CC(C)C)NC(=O)c1ccc(Br)cc1N. The molecule has 0 aliphatic carbocycles. The van der Waals surface area contributed by atoms with E-state index in [-0.39, 0.29) is 11.8 Å².